The zero-order valence-electron chi connectivity index (χ0n) is 21.8. The van der Waals surface area contributed by atoms with Crippen molar-refractivity contribution >= 4 is 34.3 Å². The molecule has 0 unspecified atom stereocenters. The molecule has 0 amide bonds. The fourth-order valence-electron chi connectivity index (χ4n) is 5.72. The first-order valence-corrected chi connectivity index (χ1v) is 14.2. The van der Waals surface area contributed by atoms with Gasteiger partial charge in [-0.25, -0.2) is 4.39 Å². The number of ether oxygens (including phenoxy) is 1. The zero-order valence-corrected chi connectivity index (χ0v) is 22.7. The van der Waals surface area contributed by atoms with Crippen LogP contribution in [0.25, 0.3) is 10.9 Å². The third kappa shape index (κ3) is 6.08. The van der Waals surface area contributed by atoms with Crippen molar-refractivity contribution < 1.29 is 19.0 Å². The van der Waals surface area contributed by atoms with Gasteiger partial charge in [0.05, 0.1) is 29.9 Å². The zero-order chi connectivity index (χ0) is 25.7. The van der Waals surface area contributed by atoms with Crippen molar-refractivity contribution in [2.75, 3.05) is 51.5 Å². The Labute approximate surface area is 218 Å². The van der Waals surface area contributed by atoms with Crippen molar-refractivity contribution in [3.05, 3.63) is 30.0 Å². The lowest BCUT2D eigenvalue weighted by Gasteiger charge is -2.39. The summed E-state index contributed by atoms with van der Waals surface area (Å²) in [5.41, 5.74) is 1.11. The molecule has 36 heavy (non-hydrogen) atoms. The molecule has 1 atom stereocenters. The molecule has 1 aromatic carbocycles. The van der Waals surface area contributed by atoms with Gasteiger partial charge in [0.1, 0.15) is 11.9 Å². The van der Waals surface area contributed by atoms with E-state index in [1.807, 2.05) is 37.2 Å². The topological polar surface area (TPSA) is 65.9 Å². The monoisotopic (exact) mass is 517 g/mol. The number of methoxy groups -OCH3 is 1. The maximum absolute atomic E-state index is 16.0. The normalized spacial score (nSPS) is 19.4. The average Bonchev–Trinajstić information content (AvgIpc) is 3.40. The molecule has 1 aliphatic carbocycles. The second-order valence-electron chi connectivity index (χ2n) is 10.5. The van der Waals surface area contributed by atoms with Gasteiger partial charge in [0.2, 0.25) is 0 Å². The van der Waals surface area contributed by atoms with Crippen LogP contribution in [0.1, 0.15) is 63.1 Å². The highest BCUT2D eigenvalue weighted by atomic mass is 32.2. The molecule has 1 N–H and O–H groups in total. The van der Waals surface area contributed by atoms with Crippen LogP contribution in [-0.4, -0.2) is 72.8 Å². The van der Waals surface area contributed by atoms with E-state index in [9.17, 15) is 9.90 Å². The van der Waals surface area contributed by atoms with Crippen LogP contribution in [0, 0.1) is 5.41 Å². The van der Waals surface area contributed by atoms with Crippen LogP contribution < -0.4 is 9.64 Å². The third-order valence-electron chi connectivity index (χ3n) is 8.10. The van der Waals surface area contributed by atoms with Gasteiger partial charge in [0.15, 0.2) is 0 Å². The molecule has 6 nitrogen and oxygen atoms in total. The largest absolute Gasteiger partial charge is 0.497 e. The van der Waals surface area contributed by atoms with Crippen molar-refractivity contribution in [3.8, 4) is 5.75 Å². The third-order valence-corrected chi connectivity index (χ3v) is 9.46. The summed E-state index contributed by atoms with van der Waals surface area (Å²) >= 11 is 2.08. The number of nitrogens with zero attached hydrogens (tertiary/aromatic N) is 3. The van der Waals surface area contributed by atoms with Gasteiger partial charge >= 0.3 is 5.97 Å². The second kappa shape index (κ2) is 12.0. The van der Waals surface area contributed by atoms with E-state index < -0.39 is 17.6 Å². The van der Waals surface area contributed by atoms with Gasteiger partial charge in [-0.3, -0.25) is 9.78 Å². The fraction of sp³-hybridized carbons (Fsp3) is 0.643. The molecule has 198 valence electrons. The molecule has 2 aromatic rings. The number of aromatic nitrogens is 1. The first kappa shape index (κ1) is 27.0. The quantitative estimate of drug-likeness (QED) is 0.395. The number of anilines is 1. The van der Waals surface area contributed by atoms with Crippen molar-refractivity contribution in [2.24, 2.45) is 5.41 Å². The molecule has 1 saturated heterocycles. The van der Waals surface area contributed by atoms with Crippen LogP contribution in [0.15, 0.2) is 24.4 Å². The van der Waals surface area contributed by atoms with E-state index in [4.69, 9.17) is 4.74 Å². The number of hydrogen-bond acceptors (Lipinski definition) is 6. The van der Waals surface area contributed by atoms with E-state index in [-0.39, 0.29) is 6.42 Å². The number of benzene rings is 1. The van der Waals surface area contributed by atoms with Crippen molar-refractivity contribution in [3.63, 3.8) is 0 Å². The molecule has 1 saturated carbocycles. The molecule has 0 spiro atoms. The number of carboxylic acid groups (broad SMARTS) is 1. The Balaban J connectivity index is 1.42. The molecular weight excluding hydrogens is 477 g/mol. The Morgan fingerprint density at radius 3 is 2.67 bits per heavy atom. The first-order chi connectivity index (χ1) is 17.3. The molecule has 1 aromatic heterocycles. The van der Waals surface area contributed by atoms with Gasteiger partial charge in [0, 0.05) is 42.6 Å². The number of alkyl halides is 1. The number of fused-ring (bicyclic) bond motifs is 1. The van der Waals surface area contributed by atoms with Crippen LogP contribution in [0.3, 0.4) is 0 Å². The molecule has 4 rings (SSSR count). The summed E-state index contributed by atoms with van der Waals surface area (Å²) in [7, 11) is 5.34. The molecule has 1 aliphatic heterocycles. The van der Waals surface area contributed by atoms with Crippen LogP contribution in [0.4, 0.5) is 10.1 Å². The van der Waals surface area contributed by atoms with Crippen LogP contribution in [0.5, 0.6) is 5.75 Å². The molecule has 8 heteroatoms. The number of likely N-dealkylation sites (tertiary alicyclic amines) is 1. The molecule has 0 radical (unpaired) electrons. The highest BCUT2D eigenvalue weighted by molar-refractivity contribution is 7.99. The number of rotatable bonds is 11. The summed E-state index contributed by atoms with van der Waals surface area (Å²) in [6.45, 7) is 2.55. The smallest absolute Gasteiger partial charge is 0.309 e. The lowest BCUT2D eigenvalue weighted by molar-refractivity contribution is -0.153. The SMILES string of the molecule is COc1ccc2ncc(N(C)C)c([C@H](F)CCC3(C(=O)O)CCN(CCSC4CCCC4)CC3)c2c1. The molecule has 2 heterocycles. The van der Waals surface area contributed by atoms with E-state index in [0.29, 0.717) is 47.2 Å². The lowest BCUT2D eigenvalue weighted by Crippen LogP contribution is -2.45. The Morgan fingerprint density at radius 2 is 2.03 bits per heavy atom. The van der Waals surface area contributed by atoms with E-state index in [2.05, 4.69) is 21.6 Å². The number of aliphatic carboxylic acids is 1. The molecule has 2 aliphatic rings. The minimum absolute atomic E-state index is 0.168. The summed E-state index contributed by atoms with van der Waals surface area (Å²) < 4.78 is 21.4. The van der Waals surface area contributed by atoms with Crippen LogP contribution in [-0.2, 0) is 4.79 Å². The van der Waals surface area contributed by atoms with Gasteiger partial charge in [-0.2, -0.15) is 11.8 Å². The average molecular weight is 518 g/mol. The number of thioether (sulfide) groups is 1. The van der Waals surface area contributed by atoms with E-state index >= 15 is 4.39 Å². The first-order valence-electron chi connectivity index (χ1n) is 13.2. The summed E-state index contributed by atoms with van der Waals surface area (Å²) in [6.07, 6.45) is 7.45. The summed E-state index contributed by atoms with van der Waals surface area (Å²) in [6, 6.07) is 5.48. The van der Waals surface area contributed by atoms with E-state index in [0.717, 1.165) is 30.6 Å². The standard InChI is InChI=1S/C28H40FN3O3S/c1-31(2)25-19-30-24-9-8-20(35-3)18-22(24)26(25)23(29)10-11-28(27(33)34)12-14-32(15-13-28)16-17-36-21-6-4-5-7-21/h8-9,18-19,21,23H,4-7,10-17H2,1-3H3,(H,33,34)/t23-/m1/s1. The Morgan fingerprint density at radius 1 is 1.31 bits per heavy atom. The molecule has 0 bridgehead atoms. The molecule has 2 fully saturated rings. The minimum Gasteiger partial charge on any atom is -0.497 e. The number of pyridine rings is 1. The number of carbonyl (C=O) groups is 1. The van der Waals surface area contributed by atoms with Crippen molar-refractivity contribution in [1.82, 2.24) is 9.88 Å². The van der Waals surface area contributed by atoms with Crippen LogP contribution >= 0.6 is 11.8 Å². The number of hydrogen-bond donors (Lipinski definition) is 1. The minimum atomic E-state index is -1.29. The number of carboxylic acids is 1. The molecular formula is C28H40FN3O3S. The Hall–Kier alpha value is -2.06. The summed E-state index contributed by atoms with van der Waals surface area (Å²) in [5.74, 6) is 0.973. The summed E-state index contributed by atoms with van der Waals surface area (Å²) in [5, 5.41) is 11.7. The Bertz CT molecular complexity index is 1040. The van der Waals surface area contributed by atoms with Gasteiger partial charge in [-0.1, -0.05) is 12.8 Å². The van der Waals surface area contributed by atoms with Gasteiger partial charge in [0.25, 0.3) is 0 Å². The van der Waals surface area contributed by atoms with Crippen molar-refractivity contribution in [1.29, 1.82) is 0 Å². The van der Waals surface area contributed by atoms with Gasteiger partial charge < -0.3 is 19.6 Å². The van der Waals surface area contributed by atoms with E-state index in [1.165, 1.54) is 25.7 Å². The highest BCUT2D eigenvalue weighted by Crippen LogP contribution is 2.43. The van der Waals surface area contributed by atoms with Crippen LogP contribution in [0.2, 0.25) is 0 Å². The highest BCUT2D eigenvalue weighted by Gasteiger charge is 2.42. The van der Waals surface area contributed by atoms with E-state index in [1.54, 1.807) is 13.3 Å². The lowest BCUT2D eigenvalue weighted by atomic mass is 9.74. The summed E-state index contributed by atoms with van der Waals surface area (Å²) in [4.78, 5) is 21.2. The fourth-order valence-corrected chi connectivity index (χ4v) is 7.08. The predicted molar refractivity (Wildman–Crippen MR) is 146 cm³/mol. The van der Waals surface area contributed by atoms with Gasteiger partial charge in [-0.15, -0.1) is 0 Å². The Kier molecular flexibility index (Phi) is 8.99. The maximum atomic E-state index is 16.0. The second-order valence-corrected chi connectivity index (χ2v) is 12.0. The van der Waals surface area contributed by atoms with Crippen molar-refractivity contribution in [2.45, 2.75) is 62.8 Å². The number of piperidine rings is 1. The van der Waals surface area contributed by atoms with Gasteiger partial charge in [-0.05, 0) is 69.8 Å². The predicted octanol–water partition coefficient (Wildman–Crippen LogP) is 5.94. The maximum Gasteiger partial charge on any atom is 0.309 e. The number of halogens is 1.